The summed E-state index contributed by atoms with van der Waals surface area (Å²) in [6, 6.07) is 23.5. The summed E-state index contributed by atoms with van der Waals surface area (Å²) < 4.78 is 23.4. The van der Waals surface area contributed by atoms with Gasteiger partial charge in [-0.05, 0) is 80.0 Å². The lowest BCUT2D eigenvalue weighted by molar-refractivity contribution is 0.0223. The molecule has 1 spiro atoms. The Kier molecular flexibility index (Phi) is 6.14. The van der Waals surface area contributed by atoms with Crippen LogP contribution < -0.4 is 29.5 Å². The van der Waals surface area contributed by atoms with Crippen LogP contribution in [-0.4, -0.2) is 43.2 Å². The van der Waals surface area contributed by atoms with Crippen LogP contribution in [0.3, 0.4) is 0 Å². The molecule has 5 aromatic rings. The summed E-state index contributed by atoms with van der Waals surface area (Å²) in [6.07, 6.45) is 7.88. The molecule has 7 aliphatic rings. The van der Waals surface area contributed by atoms with Gasteiger partial charge in [-0.15, -0.1) is 0 Å². The topological polar surface area (TPSA) is 88.3 Å². The fourth-order valence-electron chi connectivity index (χ4n) is 10.8. The van der Waals surface area contributed by atoms with Gasteiger partial charge in [-0.25, -0.2) is 14.2 Å². The first-order valence-electron chi connectivity index (χ1n) is 19.4. The average Bonchev–Trinajstić information content (AvgIpc) is 3.50. The molecule has 0 saturated carbocycles. The van der Waals surface area contributed by atoms with Gasteiger partial charge in [0.05, 0.1) is 16.7 Å². The Balaban J connectivity index is 1.20. The molecule has 0 fully saturated rings. The number of carbonyl (C=O) groups excluding carboxylic acids is 1. The molecule has 0 bridgehead atoms. The summed E-state index contributed by atoms with van der Waals surface area (Å²) in [5.41, 5.74) is 10.3. The highest BCUT2D eigenvalue weighted by atomic mass is 16.6. The first kappa shape index (κ1) is 30.6. The van der Waals surface area contributed by atoms with Crippen LogP contribution in [0.1, 0.15) is 96.5 Å². The zero-order chi connectivity index (χ0) is 35.9. The molecule has 0 unspecified atom stereocenters. The summed E-state index contributed by atoms with van der Waals surface area (Å²) >= 11 is 0. The minimum atomic E-state index is -1.27. The third-order valence-corrected chi connectivity index (χ3v) is 12.9. The summed E-state index contributed by atoms with van der Waals surface area (Å²) in [4.78, 5) is 29.4. The van der Waals surface area contributed by atoms with Gasteiger partial charge in [0.25, 0.3) is 0 Å². The number of aryl methyl sites for hydroxylation is 2. The van der Waals surface area contributed by atoms with Gasteiger partial charge in [0.2, 0.25) is 5.36 Å². The molecule has 7 aliphatic heterocycles. The maximum Gasteiger partial charge on any atom is 0.340 e. The molecule has 0 aliphatic carbocycles. The van der Waals surface area contributed by atoms with Gasteiger partial charge < -0.3 is 24.2 Å². The molecule has 1 atom stereocenters. The average molecular weight is 714 g/mol. The monoisotopic (exact) mass is 713 g/mol. The number of aromatic carboxylic acids is 1. The van der Waals surface area contributed by atoms with E-state index in [9.17, 15) is 14.7 Å². The van der Waals surface area contributed by atoms with Crippen molar-refractivity contribution in [2.45, 2.75) is 57.0 Å². The number of esters is 1. The zero-order valence-electron chi connectivity index (χ0n) is 29.8. The number of anilines is 1. The summed E-state index contributed by atoms with van der Waals surface area (Å²) in [7, 11) is 0. The van der Waals surface area contributed by atoms with E-state index in [1.165, 1.54) is 33.3 Å². The molecule has 1 N–H and O–H groups in total. The minimum Gasteiger partial charge on any atom is -0.478 e. The molecule has 5 aromatic carbocycles. The van der Waals surface area contributed by atoms with E-state index in [-0.39, 0.29) is 11.5 Å². The Hall–Kier alpha value is -5.89. The lowest BCUT2D eigenvalue weighted by Crippen LogP contribution is -2.45. The molecule has 7 heterocycles. The second-order valence-corrected chi connectivity index (χ2v) is 15.8. The van der Waals surface area contributed by atoms with E-state index in [4.69, 9.17) is 14.2 Å². The van der Waals surface area contributed by atoms with Crippen LogP contribution in [0.5, 0.6) is 23.0 Å². The predicted molar refractivity (Wildman–Crippen MR) is 202 cm³/mol. The lowest BCUT2D eigenvalue weighted by atomic mass is 9.73. The van der Waals surface area contributed by atoms with Crippen molar-refractivity contribution in [3.8, 4) is 23.0 Å². The van der Waals surface area contributed by atoms with Crippen LogP contribution >= 0.6 is 0 Å². The van der Waals surface area contributed by atoms with E-state index < -0.39 is 11.6 Å². The summed E-state index contributed by atoms with van der Waals surface area (Å²) in [5, 5.41) is 12.8. The number of hydrogen-bond acceptors (Lipinski definition) is 6. The van der Waals surface area contributed by atoms with Crippen LogP contribution in [0.15, 0.2) is 72.8 Å². The van der Waals surface area contributed by atoms with Gasteiger partial charge in [0.15, 0.2) is 5.60 Å². The van der Waals surface area contributed by atoms with E-state index >= 15 is 0 Å². The molecule has 0 aromatic heterocycles. The Morgan fingerprint density at radius 3 is 2.31 bits per heavy atom. The Labute approximate surface area is 311 Å². The number of fused-ring (bicyclic) bond motifs is 10. The highest BCUT2D eigenvalue weighted by Crippen LogP contribution is 2.61. The molecule has 266 valence electrons. The van der Waals surface area contributed by atoms with Crippen LogP contribution in [-0.2, 0) is 36.0 Å². The Bertz CT molecular complexity index is 2730. The van der Waals surface area contributed by atoms with E-state index in [1.54, 1.807) is 12.1 Å². The highest BCUT2D eigenvalue weighted by molar-refractivity contribution is 6.00. The maximum atomic E-state index is 14.0. The minimum absolute atomic E-state index is 0.223. The highest BCUT2D eigenvalue weighted by Gasteiger charge is 2.55. The number of rotatable bonds is 2. The SMILES string of the molecule is O=C(O)c1ccccc1C1=c2cc3c4c(c2Oc2cc5c(cc21)[C@@]1(OC(=O)c2ccccc21)c1cc2c6c(c1O5)CCCN6CCC2)CCC[N+]=4CCC3. The predicted octanol–water partition coefficient (Wildman–Crippen LogP) is 6.39. The van der Waals surface area contributed by atoms with Gasteiger partial charge in [0, 0.05) is 81.9 Å². The van der Waals surface area contributed by atoms with Crippen molar-refractivity contribution < 1.29 is 28.9 Å². The molecule has 8 nitrogen and oxygen atoms in total. The molecule has 12 rings (SSSR count). The number of ether oxygens (including phenoxy) is 3. The number of carboxylic acid groups (broad SMARTS) is 1. The maximum absolute atomic E-state index is 14.0. The van der Waals surface area contributed by atoms with Gasteiger partial charge in [0.1, 0.15) is 36.1 Å². The van der Waals surface area contributed by atoms with Crippen molar-refractivity contribution in [3.63, 3.8) is 0 Å². The summed E-state index contributed by atoms with van der Waals surface area (Å²) in [6.45, 7) is 4.11. The van der Waals surface area contributed by atoms with Crippen LogP contribution in [0.2, 0.25) is 0 Å². The van der Waals surface area contributed by atoms with Crippen molar-refractivity contribution in [2.75, 3.05) is 31.1 Å². The lowest BCUT2D eigenvalue weighted by Gasteiger charge is -2.43. The number of hydrogen-bond donors (Lipinski definition) is 1. The van der Waals surface area contributed by atoms with Crippen molar-refractivity contribution in [1.82, 2.24) is 4.58 Å². The van der Waals surface area contributed by atoms with Gasteiger partial charge in [-0.3, -0.25) is 0 Å². The molecule has 0 radical (unpaired) electrons. The Morgan fingerprint density at radius 1 is 0.704 bits per heavy atom. The molecular formula is C46H37N2O6+. The zero-order valence-corrected chi connectivity index (χ0v) is 29.8. The second-order valence-electron chi connectivity index (χ2n) is 15.8. The third-order valence-electron chi connectivity index (χ3n) is 12.9. The van der Waals surface area contributed by atoms with E-state index in [0.29, 0.717) is 28.2 Å². The standard InChI is InChI=1S/C46H36N2O6/c49-44(50)28-12-2-1-11-27(28)39-32-23-35-38(24-37(32)52-42-30-14-7-19-47-17-5-9-25(40(30)47)21-33(39)42)53-43-31-15-8-20-48-18-6-10-26(41(31)48)22-36(43)46(35)34-16-4-3-13-29(34)45(51)54-46/h1-4,11-13,16,21-24H,5-10,14-15,17-20H2/p+1/t46-/m1/s1. The molecule has 8 heteroatoms. The number of benzene rings is 5. The van der Waals surface area contributed by atoms with Crippen molar-refractivity contribution in [3.05, 3.63) is 145 Å². The molecule has 54 heavy (non-hydrogen) atoms. The third kappa shape index (κ3) is 3.90. The van der Waals surface area contributed by atoms with Crippen molar-refractivity contribution in [2.24, 2.45) is 0 Å². The van der Waals surface area contributed by atoms with Crippen molar-refractivity contribution >= 4 is 23.2 Å². The largest absolute Gasteiger partial charge is 0.478 e. The normalized spacial score (nSPS) is 20.7. The fraction of sp³-hybridized carbons (Fsp3) is 0.283. The van der Waals surface area contributed by atoms with Gasteiger partial charge in [-0.1, -0.05) is 36.4 Å². The first-order valence-corrected chi connectivity index (χ1v) is 19.4. The molecule has 0 amide bonds. The first-order chi connectivity index (χ1) is 26.5. The summed E-state index contributed by atoms with van der Waals surface area (Å²) in [5.74, 6) is 1.39. The van der Waals surface area contributed by atoms with E-state index in [0.717, 1.165) is 117 Å². The van der Waals surface area contributed by atoms with Gasteiger partial charge >= 0.3 is 11.9 Å². The van der Waals surface area contributed by atoms with Crippen LogP contribution in [0.25, 0.3) is 5.57 Å². The number of carbonyl (C=O) groups is 2. The number of nitrogens with zero attached hydrogens (tertiary/aromatic N) is 2. The quantitative estimate of drug-likeness (QED) is 0.165. The Morgan fingerprint density at radius 2 is 1.44 bits per heavy atom. The second kappa shape index (κ2) is 10.8. The molecular weight excluding hydrogens is 677 g/mol. The van der Waals surface area contributed by atoms with Crippen LogP contribution in [0, 0.1) is 0 Å². The van der Waals surface area contributed by atoms with Gasteiger partial charge in [-0.2, -0.15) is 0 Å². The fourth-order valence-corrected chi connectivity index (χ4v) is 10.8. The van der Waals surface area contributed by atoms with E-state index in [2.05, 4.69) is 27.7 Å². The molecule has 0 saturated heterocycles. The van der Waals surface area contributed by atoms with Crippen LogP contribution in [0.4, 0.5) is 5.69 Å². The van der Waals surface area contributed by atoms with E-state index in [1.807, 2.05) is 42.5 Å². The van der Waals surface area contributed by atoms with Crippen molar-refractivity contribution in [1.29, 1.82) is 0 Å². The smallest absolute Gasteiger partial charge is 0.340 e. The number of carboxylic acids is 1.